The molecule has 0 saturated heterocycles. The number of nitrogens with zero attached hydrogens (tertiary/aromatic N) is 2. The first-order valence-corrected chi connectivity index (χ1v) is 7.38. The first-order valence-electron chi connectivity index (χ1n) is 7.38. The predicted molar refractivity (Wildman–Crippen MR) is 88.2 cm³/mol. The second-order valence-electron chi connectivity index (χ2n) is 5.52. The zero-order chi connectivity index (χ0) is 19.5. The number of benzene rings is 1. The maximum absolute atomic E-state index is 13.1. The van der Waals surface area contributed by atoms with Gasteiger partial charge in [0, 0.05) is 31.4 Å². The minimum absolute atomic E-state index is 0.0396. The van der Waals surface area contributed by atoms with Crippen LogP contribution in [0.25, 0.3) is 0 Å². The zero-order valence-corrected chi connectivity index (χ0v) is 14.2. The van der Waals surface area contributed by atoms with Gasteiger partial charge in [0.25, 0.3) is 11.8 Å². The average Bonchev–Trinajstić information content (AvgIpc) is 2.59. The van der Waals surface area contributed by atoms with E-state index in [4.69, 9.17) is 4.74 Å². The van der Waals surface area contributed by atoms with Crippen molar-refractivity contribution in [3.05, 3.63) is 53.2 Å². The fraction of sp³-hybridized carbons (Fsp3) is 0.235. The van der Waals surface area contributed by atoms with Crippen LogP contribution in [-0.4, -0.2) is 42.9 Å². The minimum Gasteiger partial charge on any atom is -0.481 e. The van der Waals surface area contributed by atoms with Gasteiger partial charge >= 0.3 is 6.18 Å². The first kappa shape index (κ1) is 19.2. The normalized spacial score (nSPS) is 11.0. The molecular formula is C17H16F3N3O3. The van der Waals surface area contributed by atoms with Gasteiger partial charge in [-0.25, -0.2) is 4.98 Å². The van der Waals surface area contributed by atoms with E-state index in [1.165, 1.54) is 45.5 Å². The highest BCUT2D eigenvalue weighted by atomic mass is 19.4. The predicted octanol–water partition coefficient (Wildman–Crippen LogP) is 3.06. The number of pyridine rings is 1. The van der Waals surface area contributed by atoms with Crippen molar-refractivity contribution in [3.8, 4) is 5.88 Å². The number of nitrogens with one attached hydrogen (secondary N) is 1. The first-order chi connectivity index (χ1) is 12.1. The standard InChI is InChI=1S/C17H16F3N3O3/c1-23(2)16(25)10-7-11(17(18,19)20)9-12(8-10)21-15(24)13-5-4-6-14(22-13)26-3/h4-9H,1-3H3,(H,21,24). The molecule has 0 radical (unpaired) electrons. The molecule has 0 saturated carbocycles. The van der Waals surface area contributed by atoms with Gasteiger partial charge in [-0.3, -0.25) is 9.59 Å². The Bertz CT molecular complexity index is 835. The Morgan fingerprint density at radius 2 is 1.85 bits per heavy atom. The van der Waals surface area contributed by atoms with Crippen LogP contribution in [0.1, 0.15) is 26.4 Å². The summed E-state index contributed by atoms with van der Waals surface area (Å²) in [5.41, 5.74) is -1.44. The fourth-order valence-electron chi connectivity index (χ4n) is 2.10. The van der Waals surface area contributed by atoms with Crippen LogP contribution in [0.15, 0.2) is 36.4 Å². The summed E-state index contributed by atoms with van der Waals surface area (Å²) >= 11 is 0. The van der Waals surface area contributed by atoms with Crippen LogP contribution in [0.4, 0.5) is 18.9 Å². The van der Waals surface area contributed by atoms with Crippen molar-refractivity contribution < 1.29 is 27.5 Å². The van der Waals surface area contributed by atoms with Gasteiger partial charge in [0.05, 0.1) is 12.7 Å². The molecule has 1 aromatic heterocycles. The van der Waals surface area contributed by atoms with Crippen LogP contribution in [0.5, 0.6) is 5.88 Å². The summed E-state index contributed by atoms with van der Waals surface area (Å²) in [7, 11) is 4.21. The van der Waals surface area contributed by atoms with Gasteiger partial charge in [0.1, 0.15) is 5.69 Å². The summed E-state index contributed by atoms with van der Waals surface area (Å²) in [6, 6.07) is 7.10. The lowest BCUT2D eigenvalue weighted by Gasteiger charge is -2.15. The topological polar surface area (TPSA) is 71.5 Å². The number of halogens is 3. The SMILES string of the molecule is COc1cccc(C(=O)Nc2cc(C(=O)N(C)C)cc(C(F)(F)F)c2)n1. The number of methoxy groups -OCH3 is 1. The maximum atomic E-state index is 13.1. The number of ether oxygens (including phenoxy) is 1. The molecule has 26 heavy (non-hydrogen) atoms. The Morgan fingerprint density at radius 3 is 2.42 bits per heavy atom. The third-order valence-corrected chi connectivity index (χ3v) is 3.34. The molecule has 0 atom stereocenters. The molecule has 0 fully saturated rings. The summed E-state index contributed by atoms with van der Waals surface area (Å²) in [5.74, 6) is -1.16. The number of aromatic nitrogens is 1. The van der Waals surface area contributed by atoms with Gasteiger partial charge in [-0.1, -0.05) is 6.07 Å². The number of hydrogen-bond acceptors (Lipinski definition) is 4. The van der Waals surface area contributed by atoms with E-state index in [2.05, 4.69) is 10.3 Å². The maximum Gasteiger partial charge on any atom is 0.416 e. The molecule has 9 heteroatoms. The lowest BCUT2D eigenvalue weighted by atomic mass is 10.1. The lowest BCUT2D eigenvalue weighted by Crippen LogP contribution is -2.23. The van der Waals surface area contributed by atoms with Crippen LogP contribution in [0, 0.1) is 0 Å². The molecule has 0 aliphatic heterocycles. The molecule has 1 N–H and O–H groups in total. The fourth-order valence-corrected chi connectivity index (χ4v) is 2.10. The summed E-state index contributed by atoms with van der Waals surface area (Å²) in [4.78, 5) is 29.3. The summed E-state index contributed by atoms with van der Waals surface area (Å²) < 4.78 is 44.2. The van der Waals surface area contributed by atoms with Gasteiger partial charge < -0.3 is 15.0 Å². The highest BCUT2D eigenvalue weighted by Gasteiger charge is 2.32. The van der Waals surface area contributed by atoms with Crippen LogP contribution in [-0.2, 0) is 6.18 Å². The van der Waals surface area contributed by atoms with Gasteiger partial charge in [-0.2, -0.15) is 13.2 Å². The molecule has 2 amide bonds. The van der Waals surface area contributed by atoms with E-state index in [-0.39, 0.29) is 22.8 Å². The molecule has 1 aromatic carbocycles. The lowest BCUT2D eigenvalue weighted by molar-refractivity contribution is -0.137. The highest BCUT2D eigenvalue weighted by molar-refractivity contribution is 6.04. The number of amides is 2. The number of carbonyl (C=O) groups excluding carboxylic acids is 2. The van der Waals surface area contributed by atoms with Gasteiger partial charge in [-0.15, -0.1) is 0 Å². The number of hydrogen-bond donors (Lipinski definition) is 1. The molecule has 0 unspecified atom stereocenters. The van der Waals surface area contributed by atoms with E-state index in [0.717, 1.165) is 17.0 Å². The summed E-state index contributed by atoms with van der Waals surface area (Å²) in [6.45, 7) is 0. The Hall–Kier alpha value is -3.10. The quantitative estimate of drug-likeness (QED) is 0.902. The molecule has 138 valence electrons. The van der Waals surface area contributed by atoms with Gasteiger partial charge in [-0.05, 0) is 24.3 Å². The smallest absolute Gasteiger partial charge is 0.416 e. The third-order valence-electron chi connectivity index (χ3n) is 3.34. The largest absolute Gasteiger partial charge is 0.481 e. The summed E-state index contributed by atoms with van der Waals surface area (Å²) in [6.07, 6.45) is -4.67. The molecule has 0 spiro atoms. The number of alkyl halides is 3. The van der Waals surface area contributed by atoms with E-state index in [1.54, 1.807) is 0 Å². The van der Waals surface area contributed by atoms with Crippen LogP contribution < -0.4 is 10.1 Å². The van der Waals surface area contributed by atoms with Gasteiger partial charge in [0.15, 0.2) is 0 Å². The monoisotopic (exact) mass is 367 g/mol. The van der Waals surface area contributed by atoms with Gasteiger partial charge in [0.2, 0.25) is 5.88 Å². The number of anilines is 1. The summed E-state index contributed by atoms with van der Waals surface area (Å²) in [5, 5.41) is 2.33. The Kier molecular flexibility index (Phi) is 5.49. The van der Waals surface area contributed by atoms with Crippen LogP contribution in [0.3, 0.4) is 0 Å². The highest BCUT2D eigenvalue weighted by Crippen LogP contribution is 2.32. The van der Waals surface area contributed by atoms with Crippen molar-refractivity contribution in [2.24, 2.45) is 0 Å². The molecule has 0 aliphatic rings. The molecule has 2 aromatic rings. The molecule has 6 nitrogen and oxygen atoms in total. The molecule has 1 heterocycles. The van der Waals surface area contributed by atoms with Crippen LogP contribution in [0.2, 0.25) is 0 Å². The molecule has 0 bridgehead atoms. The Labute approximate surface area is 147 Å². The second-order valence-corrected chi connectivity index (χ2v) is 5.52. The van der Waals surface area contributed by atoms with E-state index >= 15 is 0 Å². The van der Waals surface area contributed by atoms with Crippen molar-refractivity contribution in [1.82, 2.24) is 9.88 Å². The van der Waals surface area contributed by atoms with Crippen molar-refractivity contribution in [3.63, 3.8) is 0 Å². The van der Waals surface area contributed by atoms with Crippen LogP contribution >= 0.6 is 0 Å². The Morgan fingerprint density at radius 1 is 1.15 bits per heavy atom. The van der Waals surface area contributed by atoms with Crippen molar-refractivity contribution in [2.45, 2.75) is 6.18 Å². The van der Waals surface area contributed by atoms with Crippen molar-refractivity contribution in [2.75, 3.05) is 26.5 Å². The molecular weight excluding hydrogens is 351 g/mol. The van der Waals surface area contributed by atoms with E-state index < -0.39 is 23.6 Å². The van der Waals surface area contributed by atoms with Crippen molar-refractivity contribution >= 4 is 17.5 Å². The third kappa shape index (κ3) is 4.50. The average molecular weight is 367 g/mol. The van der Waals surface area contributed by atoms with E-state index in [0.29, 0.717) is 0 Å². The van der Waals surface area contributed by atoms with Crippen molar-refractivity contribution in [1.29, 1.82) is 0 Å². The number of carbonyl (C=O) groups is 2. The minimum atomic E-state index is -4.67. The molecule has 0 aliphatic carbocycles. The Balaban J connectivity index is 2.39. The zero-order valence-electron chi connectivity index (χ0n) is 14.2. The molecule has 2 rings (SSSR count). The van der Waals surface area contributed by atoms with E-state index in [1.807, 2.05) is 0 Å². The van der Waals surface area contributed by atoms with E-state index in [9.17, 15) is 22.8 Å². The second kappa shape index (κ2) is 7.42. The number of rotatable bonds is 4.